The molecule has 0 unspecified atom stereocenters. The lowest BCUT2D eigenvalue weighted by molar-refractivity contribution is -0.152. The van der Waals surface area contributed by atoms with Crippen LogP contribution in [0, 0.1) is 0 Å². The highest BCUT2D eigenvalue weighted by atomic mass is 16.7. The maximum atomic E-state index is 12.2. The van der Waals surface area contributed by atoms with Crippen molar-refractivity contribution >= 4 is 5.78 Å². The van der Waals surface area contributed by atoms with Gasteiger partial charge < -0.3 is 14.6 Å². The number of ketones is 1. The molecular formula is C14H20O4. The number of Topliss-reactive ketones (excluding diaryl/α,β-unsaturated/α-hetero) is 1. The number of hydrogen-bond donors (Lipinski definition) is 1. The first-order valence-corrected chi connectivity index (χ1v) is 6.04. The summed E-state index contributed by atoms with van der Waals surface area (Å²) >= 11 is 0. The molecule has 0 aromatic heterocycles. The van der Waals surface area contributed by atoms with Crippen LogP contribution in [0.25, 0.3) is 0 Å². The molecule has 1 aromatic carbocycles. The summed E-state index contributed by atoms with van der Waals surface area (Å²) in [7, 11) is 0. The lowest BCUT2D eigenvalue weighted by Gasteiger charge is -2.21. The van der Waals surface area contributed by atoms with Crippen molar-refractivity contribution in [1.29, 1.82) is 0 Å². The predicted molar refractivity (Wildman–Crippen MR) is 68.7 cm³/mol. The third-order valence-corrected chi connectivity index (χ3v) is 2.16. The van der Waals surface area contributed by atoms with Gasteiger partial charge >= 0.3 is 0 Å². The number of hydrogen-bond acceptors (Lipinski definition) is 4. The van der Waals surface area contributed by atoms with Crippen molar-refractivity contribution < 1.29 is 19.4 Å². The minimum Gasteiger partial charge on any atom is -0.508 e. The van der Waals surface area contributed by atoms with Gasteiger partial charge in [-0.25, -0.2) is 0 Å². The van der Waals surface area contributed by atoms with E-state index in [1.54, 1.807) is 12.1 Å². The van der Waals surface area contributed by atoms with E-state index in [4.69, 9.17) is 9.47 Å². The van der Waals surface area contributed by atoms with E-state index in [2.05, 4.69) is 0 Å². The third-order valence-electron chi connectivity index (χ3n) is 2.16. The van der Waals surface area contributed by atoms with Crippen molar-refractivity contribution in [1.82, 2.24) is 0 Å². The zero-order valence-corrected chi connectivity index (χ0v) is 11.2. The molecule has 0 heterocycles. The molecule has 0 aliphatic rings. The van der Waals surface area contributed by atoms with Crippen LogP contribution in [-0.2, 0) is 9.47 Å². The Bertz CT molecular complexity index is 371. The smallest absolute Gasteiger partial charge is 0.223 e. The van der Waals surface area contributed by atoms with E-state index in [0.29, 0.717) is 5.56 Å². The molecule has 0 atom stereocenters. The standard InChI is InChI=1S/C14H20O4/c1-9(2)17-14(18-10(3)4)13(16)11-5-7-12(15)8-6-11/h5-10,14-15H,1-4H3. The molecule has 0 aliphatic heterocycles. The van der Waals surface area contributed by atoms with Crippen LogP contribution in [-0.4, -0.2) is 29.4 Å². The summed E-state index contributed by atoms with van der Waals surface area (Å²) in [4.78, 5) is 12.2. The number of carbonyl (C=O) groups is 1. The second-order valence-corrected chi connectivity index (χ2v) is 4.61. The van der Waals surface area contributed by atoms with Crippen molar-refractivity contribution in [3.05, 3.63) is 29.8 Å². The summed E-state index contributed by atoms with van der Waals surface area (Å²) in [6.07, 6.45) is -1.11. The van der Waals surface area contributed by atoms with Gasteiger partial charge in [-0.3, -0.25) is 4.79 Å². The summed E-state index contributed by atoms with van der Waals surface area (Å²) in [6, 6.07) is 6.04. The van der Waals surface area contributed by atoms with E-state index in [1.165, 1.54) is 12.1 Å². The molecule has 0 bridgehead atoms. The van der Waals surface area contributed by atoms with Gasteiger partial charge in [-0.1, -0.05) is 0 Å². The average Bonchev–Trinajstić information content (AvgIpc) is 2.27. The number of phenols is 1. The Hall–Kier alpha value is -1.39. The molecule has 0 aliphatic carbocycles. The second kappa shape index (κ2) is 6.52. The first-order chi connectivity index (χ1) is 8.40. The lowest BCUT2D eigenvalue weighted by atomic mass is 10.1. The number of carbonyl (C=O) groups excluding carboxylic acids is 1. The SMILES string of the molecule is CC(C)OC(OC(C)C)C(=O)c1ccc(O)cc1. The zero-order chi connectivity index (χ0) is 13.7. The minimum absolute atomic E-state index is 0.102. The van der Waals surface area contributed by atoms with E-state index in [9.17, 15) is 9.90 Å². The maximum absolute atomic E-state index is 12.2. The summed E-state index contributed by atoms with van der Waals surface area (Å²) in [6.45, 7) is 7.39. The van der Waals surface area contributed by atoms with Crippen molar-refractivity contribution in [2.45, 2.75) is 46.2 Å². The molecule has 0 amide bonds. The molecule has 1 rings (SSSR count). The van der Waals surface area contributed by atoms with Crippen LogP contribution in [0.2, 0.25) is 0 Å². The summed E-state index contributed by atoms with van der Waals surface area (Å²) in [5, 5.41) is 9.19. The van der Waals surface area contributed by atoms with Gasteiger partial charge in [0, 0.05) is 5.56 Å². The van der Waals surface area contributed by atoms with E-state index >= 15 is 0 Å². The maximum Gasteiger partial charge on any atom is 0.223 e. The Morgan fingerprint density at radius 3 is 1.83 bits per heavy atom. The Balaban J connectivity index is 2.83. The monoisotopic (exact) mass is 252 g/mol. The number of ether oxygens (including phenoxy) is 2. The van der Waals surface area contributed by atoms with Crippen molar-refractivity contribution in [3.63, 3.8) is 0 Å². The summed E-state index contributed by atoms with van der Waals surface area (Å²) in [5.41, 5.74) is 0.458. The largest absolute Gasteiger partial charge is 0.508 e. The van der Waals surface area contributed by atoms with Crippen LogP contribution in [0.3, 0.4) is 0 Å². The van der Waals surface area contributed by atoms with Crippen molar-refractivity contribution in [3.8, 4) is 5.75 Å². The minimum atomic E-state index is -0.908. The summed E-state index contributed by atoms with van der Waals surface area (Å²) in [5.74, 6) is -0.116. The van der Waals surface area contributed by atoms with Crippen LogP contribution in [0.15, 0.2) is 24.3 Å². The Labute approximate surface area is 108 Å². The number of rotatable bonds is 6. The van der Waals surface area contributed by atoms with Crippen molar-refractivity contribution in [2.75, 3.05) is 0 Å². The molecule has 18 heavy (non-hydrogen) atoms. The summed E-state index contributed by atoms with van der Waals surface area (Å²) < 4.78 is 10.9. The van der Waals surface area contributed by atoms with Gasteiger partial charge in [0.25, 0.3) is 0 Å². The molecule has 0 radical (unpaired) electrons. The molecule has 4 heteroatoms. The van der Waals surface area contributed by atoms with Gasteiger partial charge in [-0.15, -0.1) is 0 Å². The van der Waals surface area contributed by atoms with Crippen LogP contribution in [0.4, 0.5) is 0 Å². The molecule has 1 N–H and O–H groups in total. The third kappa shape index (κ3) is 4.47. The van der Waals surface area contributed by atoms with E-state index in [-0.39, 0.29) is 23.7 Å². The van der Waals surface area contributed by atoms with Crippen LogP contribution < -0.4 is 0 Å². The molecule has 0 saturated carbocycles. The fourth-order valence-corrected chi connectivity index (χ4v) is 1.41. The van der Waals surface area contributed by atoms with Gasteiger partial charge in [-0.2, -0.15) is 0 Å². The first kappa shape index (κ1) is 14.7. The molecule has 0 spiro atoms. The fourth-order valence-electron chi connectivity index (χ4n) is 1.41. The van der Waals surface area contributed by atoms with Gasteiger partial charge in [-0.05, 0) is 52.0 Å². The Morgan fingerprint density at radius 2 is 1.44 bits per heavy atom. The van der Waals surface area contributed by atoms with Crippen LogP contribution >= 0.6 is 0 Å². The fraction of sp³-hybridized carbons (Fsp3) is 0.500. The highest BCUT2D eigenvalue weighted by Gasteiger charge is 2.23. The first-order valence-electron chi connectivity index (χ1n) is 6.04. The highest BCUT2D eigenvalue weighted by molar-refractivity contribution is 5.98. The van der Waals surface area contributed by atoms with Gasteiger partial charge in [0.15, 0.2) is 0 Å². The average molecular weight is 252 g/mol. The molecule has 4 nitrogen and oxygen atoms in total. The van der Waals surface area contributed by atoms with Gasteiger partial charge in [0.05, 0.1) is 12.2 Å². The van der Waals surface area contributed by atoms with Crippen LogP contribution in [0.5, 0.6) is 5.75 Å². The molecule has 0 fully saturated rings. The zero-order valence-electron chi connectivity index (χ0n) is 11.2. The molecule has 100 valence electrons. The molecule has 0 saturated heterocycles. The van der Waals surface area contributed by atoms with Crippen molar-refractivity contribution in [2.24, 2.45) is 0 Å². The van der Waals surface area contributed by atoms with Crippen LogP contribution in [0.1, 0.15) is 38.1 Å². The second-order valence-electron chi connectivity index (χ2n) is 4.61. The Morgan fingerprint density at radius 1 is 1.00 bits per heavy atom. The normalized spacial score (nSPS) is 11.5. The van der Waals surface area contributed by atoms with E-state index < -0.39 is 6.29 Å². The van der Waals surface area contributed by atoms with E-state index in [0.717, 1.165) is 0 Å². The molecule has 1 aromatic rings. The molecular weight excluding hydrogens is 232 g/mol. The number of phenolic OH excluding ortho intramolecular Hbond substituents is 1. The lowest BCUT2D eigenvalue weighted by Crippen LogP contribution is -2.32. The van der Waals surface area contributed by atoms with E-state index in [1.807, 2.05) is 27.7 Å². The topological polar surface area (TPSA) is 55.8 Å². The Kier molecular flexibility index (Phi) is 5.31. The number of aromatic hydroxyl groups is 1. The van der Waals surface area contributed by atoms with Gasteiger partial charge in [0.2, 0.25) is 12.1 Å². The quantitative estimate of drug-likeness (QED) is 0.624. The predicted octanol–water partition coefficient (Wildman–Crippen LogP) is 2.75. The number of benzene rings is 1. The highest BCUT2D eigenvalue weighted by Crippen LogP contribution is 2.15. The van der Waals surface area contributed by atoms with Gasteiger partial charge in [0.1, 0.15) is 5.75 Å².